The van der Waals surface area contributed by atoms with Gasteiger partial charge in [-0.25, -0.2) is 4.79 Å². The highest BCUT2D eigenvalue weighted by molar-refractivity contribution is 6.19. The first-order valence-corrected chi connectivity index (χ1v) is 23.9. The summed E-state index contributed by atoms with van der Waals surface area (Å²) >= 11 is 6.55. The van der Waals surface area contributed by atoms with Crippen LogP contribution < -0.4 is 31.3 Å². The molecule has 0 radical (unpaired) electrons. The number of ether oxygens (including phenoxy) is 1. The van der Waals surface area contributed by atoms with E-state index in [1.54, 1.807) is 64.4 Å². The number of aromatic nitrogens is 1. The number of amides is 7. The lowest BCUT2D eigenvalue weighted by Crippen LogP contribution is -2.48. The minimum atomic E-state index is -0.803. The molecule has 0 spiro atoms. The van der Waals surface area contributed by atoms with Crippen molar-refractivity contribution in [3.8, 4) is 5.75 Å². The third-order valence-electron chi connectivity index (χ3n) is 12.8. The molecule has 17 nitrogen and oxygen atoms in total. The number of nitrogens with one attached hydrogen (secondary N) is 4. The van der Waals surface area contributed by atoms with Gasteiger partial charge in [-0.1, -0.05) is 30.7 Å². The highest BCUT2D eigenvalue weighted by atomic mass is 35.5. The van der Waals surface area contributed by atoms with Crippen LogP contribution >= 0.6 is 11.6 Å². The molecule has 3 aliphatic rings. The molecule has 1 saturated heterocycles. The van der Waals surface area contributed by atoms with Gasteiger partial charge in [0, 0.05) is 109 Å². The van der Waals surface area contributed by atoms with E-state index in [9.17, 15) is 33.6 Å². The van der Waals surface area contributed by atoms with Gasteiger partial charge in [-0.05, 0) is 105 Å². The Morgan fingerprint density at radius 3 is 2.28 bits per heavy atom. The normalized spacial score (nSPS) is 16.3. The first-order chi connectivity index (χ1) is 33.4. The van der Waals surface area contributed by atoms with Crippen LogP contribution in [0.5, 0.6) is 5.75 Å². The third kappa shape index (κ3) is 11.3. The number of carbonyl (C=O) groups is 7. The van der Waals surface area contributed by atoms with Crippen LogP contribution in [0.3, 0.4) is 0 Å². The number of H-pyrrole nitrogens is 1. The van der Waals surface area contributed by atoms with Crippen LogP contribution in [-0.2, 0) is 19.2 Å². The van der Waals surface area contributed by atoms with Crippen molar-refractivity contribution in [3.63, 3.8) is 0 Å². The molecule has 4 aromatic carbocycles. The van der Waals surface area contributed by atoms with E-state index < -0.39 is 23.9 Å². The fourth-order valence-electron chi connectivity index (χ4n) is 8.98. The number of rotatable bonds is 18. The summed E-state index contributed by atoms with van der Waals surface area (Å²) in [5.74, 6) is -1.54. The predicted octanol–water partition coefficient (Wildman–Crippen LogP) is 6.34. The summed E-state index contributed by atoms with van der Waals surface area (Å²) in [6.45, 7) is 3.68. The molecule has 4 heterocycles. The molecule has 0 bridgehead atoms. The molecule has 2 atom stereocenters. The summed E-state index contributed by atoms with van der Waals surface area (Å²) in [5.41, 5.74) is 9.52. The average Bonchev–Trinajstić information content (AvgIpc) is 4.05. The Bertz CT molecular complexity index is 2780. The summed E-state index contributed by atoms with van der Waals surface area (Å²) < 4.78 is 6.05. The first-order valence-electron chi connectivity index (χ1n) is 23.4. The molecule has 69 heavy (non-hydrogen) atoms. The lowest BCUT2D eigenvalue weighted by Gasteiger charge is -2.31. The van der Waals surface area contributed by atoms with Gasteiger partial charge < -0.3 is 46.1 Å². The quantitative estimate of drug-likeness (QED) is 0.0373. The zero-order chi connectivity index (χ0) is 48.6. The van der Waals surface area contributed by atoms with Gasteiger partial charge in [0.15, 0.2) is 0 Å². The van der Waals surface area contributed by atoms with Crippen molar-refractivity contribution in [2.45, 2.75) is 56.9 Å². The van der Waals surface area contributed by atoms with Gasteiger partial charge in [-0.2, -0.15) is 0 Å². The van der Waals surface area contributed by atoms with Crippen molar-refractivity contribution in [3.05, 3.63) is 108 Å². The van der Waals surface area contributed by atoms with Gasteiger partial charge in [0.05, 0.1) is 5.69 Å². The fourth-order valence-corrected chi connectivity index (χ4v) is 9.24. The number of anilines is 3. The minimum absolute atomic E-state index is 0.160. The molecule has 6 N–H and O–H groups in total. The van der Waals surface area contributed by atoms with E-state index in [2.05, 4.69) is 25.8 Å². The number of aromatic amines is 1. The van der Waals surface area contributed by atoms with Crippen LogP contribution in [0.4, 0.5) is 21.9 Å². The molecule has 1 aromatic heterocycles. The Labute approximate surface area is 404 Å². The van der Waals surface area contributed by atoms with Gasteiger partial charge in [0.2, 0.25) is 11.8 Å². The second-order valence-corrected chi connectivity index (χ2v) is 18.0. The first kappa shape index (κ1) is 48.4. The molecule has 1 fully saturated rings. The fraction of sp³-hybridized carbons (Fsp3) is 0.353. The Hall–Kier alpha value is -7.08. The highest BCUT2D eigenvalue weighted by Crippen LogP contribution is 2.46. The van der Waals surface area contributed by atoms with Gasteiger partial charge in [-0.3, -0.25) is 33.7 Å². The van der Waals surface area contributed by atoms with E-state index >= 15 is 0 Å². The molecule has 5 aromatic rings. The van der Waals surface area contributed by atoms with E-state index in [-0.39, 0.29) is 48.4 Å². The van der Waals surface area contributed by atoms with Gasteiger partial charge >= 0.3 is 6.09 Å². The van der Waals surface area contributed by atoms with Crippen molar-refractivity contribution in [2.75, 3.05) is 74.3 Å². The predicted molar refractivity (Wildman–Crippen MR) is 265 cm³/mol. The number of imide groups is 1. The number of piperazine rings is 1. The lowest BCUT2D eigenvalue weighted by molar-refractivity contribution is -0.137. The maximum Gasteiger partial charge on any atom is 0.415 e. The van der Waals surface area contributed by atoms with E-state index in [4.69, 9.17) is 22.1 Å². The number of hydrogen-bond donors (Lipinski definition) is 5. The molecule has 0 saturated carbocycles. The monoisotopic (exact) mass is 957 g/mol. The van der Waals surface area contributed by atoms with Gasteiger partial charge in [0.1, 0.15) is 17.5 Å². The Morgan fingerprint density at radius 1 is 0.826 bits per heavy atom. The summed E-state index contributed by atoms with van der Waals surface area (Å²) in [6, 6.07) is 22.1. The van der Waals surface area contributed by atoms with E-state index in [1.165, 1.54) is 17.1 Å². The zero-order valence-corrected chi connectivity index (χ0v) is 39.2. The van der Waals surface area contributed by atoms with Crippen LogP contribution in [0.2, 0.25) is 0 Å². The number of benzene rings is 4. The van der Waals surface area contributed by atoms with E-state index in [0.717, 1.165) is 29.4 Å². The molecule has 360 valence electrons. The summed E-state index contributed by atoms with van der Waals surface area (Å²) in [5, 5.41) is 10.9. The standard InChI is InChI=1S/C51H56ClN9O8/c1-58-23-25-59(26-24-58)51(68)69-43-29-42-47(38-10-5-4-9-37(38)43)34(30-52)31-61(42)50(67)41-28-33-27-36(17-18-39(33)56-41)55-48(65)32-13-15-35(16-14-32)54-49(66)40(11-6-7-21-53)57-44(62)12-3-2-8-22-60-45(63)19-20-46(60)64/h4-5,9-10,13-20,27-29,34,40,56H,2-3,6-8,11-12,21-26,30-31,53H2,1H3,(H,54,66)(H,55,65)(H,57,62)/t34-,40-/m1/s1. The Balaban J connectivity index is 0.885. The largest absolute Gasteiger partial charge is 0.415 e. The van der Waals surface area contributed by atoms with E-state index in [0.29, 0.717) is 110 Å². The molecule has 7 amide bonds. The molecule has 0 unspecified atom stereocenters. The van der Waals surface area contributed by atoms with Crippen molar-refractivity contribution in [1.29, 1.82) is 0 Å². The number of hydrogen-bond acceptors (Lipinski definition) is 10. The topological polar surface area (TPSA) is 220 Å². The number of carbonyl (C=O) groups excluding carboxylic acids is 7. The highest BCUT2D eigenvalue weighted by Gasteiger charge is 2.36. The van der Waals surface area contributed by atoms with Crippen molar-refractivity contribution in [2.24, 2.45) is 5.73 Å². The maximum absolute atomic E-state index is 14.4. The van der Waals surface area contributed by atoms with Crippen LogP contribution in [0.25, 0.3) is 21.7 Å². The number of nitrogens with zero attached hydrogens (tertiary/aromatic N) is 4. The summed E-state index contributed by atoms with van der Waals surface area (Å²) in [4.78, 5) is 101. The number of fused-ring (bicyclic) bond motifs is 4. The summed E-state index contributed by atoms with van der Waals surface area (Å²) in [6.07, 6.45) is 5.65. The third-order valence-corrected chi connectivity index (χ3v) is 13.2. The van der Waals surface area contributed by atoms with Crippen molar-refractivity contribution in [1.82, 2.24) is 25.0 Å². The van der Waals surface area contributed by atoms with Gasteiger partial charge in [-0.15, -0.1) is 11.6 Å². The summed E-state index contributed by atoms with van der Waals surface area (Å²) in [7, 11) is 2.02. The van der Waals surface area contributed by atoms with E-state index in [1.807, 2.05) is 31.3 Å². The smallest absolute Gasteiger partial charge is 0.409 e. The molecular formula is C51H56ClN9O8. The van der Waals surface area contributed by atoms with Crippen LogP contribution in [0.1, 0.15) is 77.3 Å². The van der Waals surface area contributed by atoms with Crippen LogP contribution in [0, 0.1) is 0 Å². The van der Waals surface area contributed by atoms with Crippen LogP contribution in [-0.4, -0.2) is 126 Å². The SMILES string of the molecule is CN1CCN(C(=O)Oc2cc3c(c4ccccc24)[C@H](CCl)CN3C(=O)c2cc3cc(NC(=O)c4ccc(NC(=O)[C@@H](CCCCN)NC(=O)CCCCCN5C(=O)C=CC5=O)cc4)ccc3[nH]2)CC1. The van der Waals surface area contributed by atoms with Crippen LogP contribution in [0.15, 0.2) is 91.0 Å². The second-order valence-electron chi connectivity index (χ2n) is 17.7. The van der Waals surface area contributed by atoms with Crippen molar-refractivity contribution < 1.29 is 38.3 Å². The number of likely N-dealkylation sites (N-methyl/N-ethyl adjacent to an activating group) is 1. The number of nitrogens with two attached hydrogens (primary N) is 1. The maximum atomic E-state index is 14.4. The lowest BCUT2D eigenvalue weighted by atomic mass is 9.95. The number of halogens is 1. The minimum Gasteiger partial charge on any atom is -0.409 e. The average molecular weight is 959 g/mol. The Morgan fingerprint density at radius 2 is 1.55 bits per heavy atom. The molecule has 3 aliphatic heterocycles. The molecule has 8 rings (SSSR count). The second kappa shape index (κ2) is 21.9. The number of unbranched alkanes of at least 4 members (excludes halogenated alkanes) is 3. The molecular weight excluding hydrogens is 902 g/mol. The zero-order valence-electron chi connectivity index (χ0n) is 38.4. The van der Waals surface area contributed by atoms with Gasteiger partial charge in [0.25, 0.3) is 23.6 Å². The number of alkyl halides is 1. The van der Waals surface area contributed by atoms with Crippen molar-refractivity contribution >= 4 is 91.9 Å². The molecule has 0 aliphatic carbocycles. The molecule has 18 heteroatoms. The Kier molecular flexibility index (Phi) is 15.4.